The molecule has 5 aromatic rings. The molecule has 0 atom stereocenters. The molecule has 11 nitrogen and oxygen atoms in total. The summed E-state index contributed by atoms with van der Waals surface area (Å²) in [6, 6.07) is 19.0. The number of hydrogen-bond donors (Lipinski definition) is 0. The molecule has 0 spiro atoms. The van der Waals surface area contributed by atoms with Crippen LogP contribution in [0.4, 0.5) is 0 Å². The zero-order chi connectivity index (χ0) is 63.5. The summed E-state index contributed by atoms with van der Waals surface area (Å²) in [5.41, 5.74) is 8.11. The number of aromatic nitrogens is 3. The van der Waals surface area contributed by atoms with E-state index in [1.165, 1.54) is 24.9 Å². The number of halogens is 6. The van der Waals surface area contributed by atoms with E-state index < -0.39 is 24.7 Å². The zero-order valence-corrected chi connectivity index (χ0v) is 68.3. The summed E-state index contributed by atoms with van der Waals surface area (Å²) in [4.78, 5) is 37.5. The van der Waals surface area contributed by atoms with E-state index in [0.717, 1.165) is 64.4 Å². The predicted octanol–water partition coefficient (Wildman–Crippen LogP) is 21.2. The number of esters is 3. The Hall–Kier alpha value is -1.50. The number of methoxy groups -OCH3 is 3. The van der Waals surface area contributed by atoms with Crippen molar-refractivity contribution >= 4 is 139 Å². The van der Waals surface area contributed by atoms with Gasteiger partial charge in [-0.1, -0.05) is 163 Å². The number of carbonyl (C=O) groups is 3. The van der Waals surface area contributed by atoms with Crippen LogP contribution in [-0.2, 0) is 31.5 Å². The SMILES string of the molecule is CCOc1ccc(-c2c(Br)cn([Si](C(C)C)(C(C)C)C(C)C)c2C(=O)OC)cc1.CCOc1ccc(I)cc1.COC(=O)c1[c-]c(Br)cn1[Si](C(C)C)(C(C)C)C(C)C.COC(=O)c1c(Br)c(Br)cn1[Si](C(C)C)(C(C)C)C(C)C.[Cl][Zn+]. The topological polar surface area (TPSA) is 112 Å². The van der Waals surface area contributed by atoms with Gasteiger partial charge >= 0.3 is 38.9 Å². The fraction of sp³-hybridized carbons (Fsp3) is 0.557. The number of carbonyl (C=O) groups excluding carboxylic acids is 3. The summed E-state index contributed by atoms with van der Waals surface area (Å²) in [5.74, 6) is 0.879. The van der Waals surface area contributed by atoms with Gasteiger partial charge in [0.25, 0.3) is 0 Å². The van der Waals surface area contributed by atoms with E-state index in [1.54, 1.807) is 0 Å². The molecule has 0 bridgehead atoms. The fourth-order valence-electron chi connectivity index (χ4n) is 13.4. The predicted molar refractivity (Wildman–Crippen MR) is 369 cm³/mol. The molecule has 0 saturated heterocycles. The first kappa shape index (κ1) is 78.5. The van der Waals surface area contributed by atoms with Gasteiger partial charge in [-0.25, -0.2) is 9.59 Å². The molecule has 3 heterocycles. The molecular weight excluding hydrogens is 1530 g/mol. The Morgan fingerprint density at radius 3 is 1.16 bits per heavy atom. The van der Waals surface area contributed by atoms with E-state index in [-0.39, 0.29) is 17.9 Å². The Kier molecular flexibility index (Phi) is 34.6. The second-order valence-electron chi connectivity index (χ2n) is 22.8. The standard InChI is InChI=1S/C23H34BrNO3Si.C15H25Br2NO2Si.C15H25BrNO2Si.C8H9IO.ClH.Zn/c1-9-28-19-12-10-18(11-13-19)21-20(24)14-25(22(21)23(26)27-8)29(15(2)3,16(4)5)17(6)7;1-9(2)21(10(3)4,11(5)6)18-8-12(16)13(17)14(18)15(19)20-7;1-10(2)20(11(3)4,12(5)6)17-9-13(16)8-14(17)15(18)19-7;1-2-10-8-5-3-7(9)4-6-8;;/h10-17H,9H2,1-8H3;8-11H,1-7H3;9-12H,1-7H3;3-6H,2H2,1H3;1H;/q;;-1;;;+2/p-1. The maximum absolute atomic E-state index is 13.1. The summed E-state index contributed by atoms with van der Waals surface area (Å²) >= 11 is 17.4. The number of ether oxygens (including phenoxy) is 5. The molecule has 0 aliphatic rings. The van der Waals surface area contributed by atoms with E-state index in [0.29, 0.717) is 73.6 Å². The van der Waals surface area contributed by atoms with Crippen LogP contribution in [0.3, 0.4) is 0 Å². The van der Waals surface area contributed by atoms with Gasteiger partial charge in [-0.05, 0) is 182 Å². The molecule has 3 aromatic heterocycles. The van der Waals surface area contributed by atoms with Crippen LogP contribution in [0.5, 0.6) is 11.5 Å². The van der Waals surface area contributed by atoms with Crippen LogP contribution >= 0.6 is 96.0 Å². The monoisotopic (exact) mass is 1620 g/mol. The second-order valence-corrected chi connectivity index (χ2v) is 44.5. The van der Waals surface area contributed by atoms with Crippen LogP contribution in [0.25, 0.3) is 11.1 Å². The molecule has 2 aromatic carbocycles. The first-order valence-corrected chi connectivity index (χ1v) is 42.9. The molecule has 0 aliphatic carbocycles. The van der Waals surface area contributed by atoms with Gasteiger partial charge in [0.05, 0.1) is 39.0 Å². The number of hydrogen-bond acceptors (Lipinski definition) is 8. The van der Waals surface area contributed by atoms with Crippen LogP contribution in [0.1, 0.15) is 170 Å². The van der Waals surface area contributed by atoms with Gasteiger partial charge in [0.15, 0.2) is 24.7 Å². The number of nitrogens with zero attached hydrogens (tertiary/aromatic N) is 3. The van der Waals surface area contributed by atoms with Crippen LogP contribution < -0.4 is 9.47 Å². The molecule has 0 unspecified atom stereocenters. The van der Waals surface area contributed by atoms with Gasteiger partial charge in [-0.15, -0.1) is 6.07 Å². The molecule has 5 rings (SSSR count). The average Bonchev–Trinajstić information content (AvgIpc) is 4.19. The molecule has 0 fully saturated rings. The Balaban J connectivity index is 0.000000568. The third-order valence-electron chi connectivity index (χ3n) is 15.9. The van der Waals surface area contributed by atoms with Gasteiger partial charge in [0.2, 0.25) is 5.97 Å². The third kappa shape index (κ3) is 17.9. The number of rotatable bonds is 20. The molecule has 0 saturated carbocycles. The van der Waals surface area contributed by atoms with Crippen molar-refractivity contribution in [2.45, 2.75) is 188 Å². The van der Waals surface area contributed by atoms with Crippen molar-refractivity contribution in [3.05, 3.63) is 112 Å². The molecule has 21 heteroatoms. The van der Waals surface area contributed by atoms with Crippen molar-refractivity contribution in [1.82, 2.24) is 12.7 Å². The van der Waals surface area contributed by atoms with Crippen LogP contribution in [0.15, 0.2) is 85.0 Å². The van der Waals surface area contributed by atoms with E-state index >= 15 is 0 Å². The first-order chi connectivity index (χ1) is 38.3. The second kappa shape index (κ2) is 36.1. The molecule has 456 valence electrons. The molecule has 0 radical (unpaired) electrons. The van der Waals surface area contributed by atoms with Crippen molar-refractivity contribution in [3.63, 3.8) is 0 Å². The molecule has 0 aliphatic heterocycles. The van der Waals surface area contributed by atoms with Crippen molar-refractivity contribution in [3.8, 4) is 22.6 Å². The van der Waals surface area contributed by atoms with Crippen molar-refractivity contribution in [2.75, 3.05) is 34.5 Å². The minimum absolute atomic E-state index is 0.286. The Bertz CT molecular complexity index is 2700. The zero-order valence-electron chi connectivity index (χ0n) is 53.0. The van der Waals surface area contributed by atoms with Crippen LogP contribution in [-0.4, -0.2) is 89.9 Å². The first-order valence-electron chi connectivity index (χ1n) is 28.2. The summed E-state index contributed by atoms with van der Waals surface area (Å²) < 4.78 is 37.5. The summed E-state index contributed by atoms with van der Waals surface area (Å²) in [6.45, 7) is 46.3. The third-order valence-corrected chi connectivity index (χ3v) is 39.7. The van der Waals surface area contributed by atoms with E-state index in [4.69, 9.17) is 33.4 Å². The normalized spacial score (nSPS) is 11.8. The van der Waals surface area contributed by atoms with Gasteiger partial charge < -0.3 is 41.2 Å². The van der Waals surface area contributed by atoms with Crippen molar-refractivity contribution in [2.24, 2.45) is 0 Å². The molecule has 0 amide bonds. The van der Waals surface area contributed by atoms with Gasteiger partial charge in [-0.2, -0.15) is 0 Å². The molecular formula is C61H93Br4ClIN3O8Si3Zn. The van der Waals surface area contributed by atoms with Gasteiger partial charge in [0.1, 0.15) is 22.9 Å². The van der Waals surface area contributed by atoms with Gasteiger partial charge in [-0.3, -0.25) is 0 Å². The van der Waals surface area contributed by atoms with E-state index in [2.05, 4.69) is 242 Å². The van der Waals surface area contributed by atoms with Crippen molar-refractivity contribution in [1.29, 1.82) is 0 Å². The maximum atomic E-state index is 13.1. The number of benzene rings is 2. The van der Waals surface area contributed by atoms with Crippen molar-refractivity contribution < 1.29 is 55.4 Å². The average molecular weight is 1630 g/mol. The Morgan fingerprint density at radius 1 is 0.500 bits per heavy atom. The summed E-state index contributed by atoms with van der Waals surface area (Å²) in [7, 11) is 3.01. The van der Waals surface area contributed by atoms with E-state index in [9.17, 15) is 14.4 Å². The van der Waals surface area contributed by atoms with Crippen LogP contribution in [0.2, 0.25) is 49.9 Å². The summed E-state index contributed by atoms with van der Waals surface area (Å²) in [5, 5.41) is 0. The van der Waals surface area contributed by atoms with E-state index in [1.807, 2.05) is 68.6 Å². The minimum atomic E-state index is -2.13. The fourth-order valence-corrected chi connectivity index (χ4v) is 36.1. The molecule has 82 heavy (non-hydrogen) atoms. The molecule has 0 N–H and O–H groups in total. The summed E-state index contributed by atoms with van der Waals surface area (Å²) in [6.07, 6.45) is 6.19. The Morgan fingerprint density at radius 2 is 0.817 bits per heavy atom. The Labute approximate surface area is 558 Å². The quantitative estimate of drug-likeness (QED) is 0.0249. The van der Waals surface area contributed by atoms with Gasteiger partial charge in [0, 0.05) is 30.5 Å². The van der Waals surface area contributed by atoms with Crippen LogP contribution in [0, 0.1) is 9.64 Å².